The number of hydrogen-bond donors (Lipinski definition) is 0. The molecule has 1 fully saturated rings. The minimum Gasteiger partial charge on any atom is -0.0735 e. The molecule has 1 unspecified atom stereocenters. The van der Waals surface area contributed by atoms with Crippen molar-refractivity contribution in [3.05, 3.63) is 18.6 Å². The van der Waals surface area contributed by atoms with E-state index in [2.05, 4.69) is 20.8 Å². The first-order valence-corrected chi connectivity index (χ1v) is 4.31. The van der Waals surface area contributed by atoms with Crippen LogP contribution in [0.25, 0.3) is 0 Å². The van der Waals surface area contributed by atoms with Gasteiger partial charge in [-0.3, -0.25) is 0 Å². The number of fused-ring (bicyclic) bond motifs is 2. The van der Waals surface area contributed by atoms with E-state index >= 15 is 0 Å². The summed E-state index contributed by atoms with van der Waals surface area (Å²) in [4.78, 5) is 0. The summed E-state index contributed by atoms with van der Waals surface area (Å²) in [5, 5.41) is 0. The van der Waals surface area contributed by atoms with Crippen molar-refractivity contribution >= 4 is 0 Å². The summed E-state index contributed by atoms with van der Waals surface area (Å²) in [5.74, 6) is 1.02. The maximum atomic E-state index is 2.40. The van der Waals surface area contributed by atoms with Gasteiger partial charge >= 0.3 is 0 Å². The van der Waals surface area contributed by atoms with Gasteiger partial charge in [0.2, 0.25) is 0 Å². The van der Waals surface area contributed by atoms with E-state index in [-0.39, 0.29) is 28.5 Å². The molecule has 0 nitrogen and oxygen atoms in total. The molecule has 3 aliphatic rings. The summed E-state index contributed by atoms with van der Waals surface area (Å²) in [6, 6.07) is 0. The summed E-state index contributed by atoms with van der Waals surface area (Å²) in [6.45, 7) is 7.12. The standard InChI is InChI=1S/C10H16.C.W/c1-7-4-5-8-6-9(7)10(8,2)3;;/h8H,4-6H2,1-3H3;;. The molecule has 0 saturated heterocycles. The second-order valence-corrected chi connectivity index (χ2v) is 4.42. The van der Waals surface area contributed by atoms with Crippen molar-refractivity contribution in [1.29, 1.82) is 0 Å². The van der Waals surface area contributed by atoms with Crippen LogP contribution in [0.4, 0.5) is 0 Å². The number of hydrogen-bond acceptors (Lipinski definition) is 0. The van der Waals surface area contributed by atoms with Crippen molar-refractivity contribution in [1.82, 2.24) is 0 Å². The zero-order valence-electron chi connectivity index (χ0n) is 8.11. The second kappa shape index (κ2) is 3.66. The van der Waals surface area contributed by atoms with Crippen LogP contribution in [-0.4, -0.2) is 0 Å². The van der Waals surface area contributed by atoms with E-state index in [9.17, 15) is 0 Å². The van der Waals surface area contributed by atoms with Gasteiger partial charge in [-0.1, -0.05) is 25.0 Å². The molecule has 0 aliphatic heterocycles. The van der Waals surface area contributed by atoms with Crippen LogP contribution in [-0.2, 0) is 21.1 Å². The van der Waals surface area contributed by atoms with Gasteiger partial charge in [-0.15, -0.1) is 0 Å². The third-order valence-electron chi connectivity index (χ3n) is 3.63. The fourth-order valence-electron chi connectivity index (χ4n) is 2.61. The van der Waals surface area contributed by atoms with E-state index in [0.717, 1.165) is 5.92 Å². The normalized spacial score (nSPS) is 29.8. The molecule has 1 atom stereocenters. The molecule has 66 valence electrons. The van der Waals surface area contributed by atoms with Crippen molar-refractivity contribution in [2.75, 3.05) is 0 Å². The van der Waals surface area contributed by atoms with Gasteiger partial charge < -0.3 is 0 Å². The molecule has 1 heteroatoms. The summed E-state index contributed by atoms with van der Waals surface area (Å²) >= 11 is 0. The molecule has 1 saturated carbocycles. The van der Waals surface area contributed by atoms with Gasteiger partial charge in [0.25, 0.3) is 0 Å². The van der Waals surface area contributed by atoms with Gasteiger partial charge in [0.1, 0.15) is 0 Å². The largest absolute Gasteiger partial charge is 0.0735 e. The Morgan fingerprint density at radius 3 is 2.17 bits per heavy atom. The molecule has 0 N–H and O–H groups in total. The molecule has 0 aromatic rings. The van der Waals surface area contributed by atoms with E-state index < -0.39 is 0 Å². The first-order valence-electron chi connectivity index (χ1n) is 4.31. The first-order chi connectivity index (χ1) is 4.62. The summed E-state index contributed by atoms with van der Waals surface area (Å²) in [7, 11) is 0. The smallest absolute Gasteiger partial charge is 0 e. The Balaban J connectivity index is 0.000000605. The molecule has 0 aromatic carbocycles. The Bertz CT molecular complexity index is 201. The molecule has 4 radical (unpaired) electrons. The van der Waals surface area contributed by atoms with Crippen LogP contribution in [0.3, 0.4) is 0 Å². The predicted molar refractivity (Wildman–Crippen MR) is 47.1 cm³/mol. The Hall–Kier alpha value is 0.428. The third kappa shape index (κ3) is 1.43. The van der Waals surface area contributed by atoms with Crippen molar-refractivity contribution < 1.29 is 21.1 Å². The van der Waals surface area contributed by atoms with Crippen LogP contribution < -0.4 is 0 Å². The minimum absolute atomic E-state index is 0. The molecule has 0 amide bonds. The monoisotopic (exact) mass is 332 g/mol. The molecule has 0 aromatic heterocycles. The average Bonchev–Trinajstić information content (AvgIpc) is 1.87. The summed E-state index contributed by atoms with van der Waals surface area (Å²) in [6.07, 6.45) is 4.24. The maximum Gasteiger partial charge on any atom is 0 e. The van der Waals surface area contributed by atoms with Crippen molar-refractivity contribution in [3.8, 4) is 0 Å². The Morgan fingerprint density at radius 1 is 1.33 bits per heavy atom. The van der Waals surface area contributed by atoms with Gasteiger partial charge in [0.15, 0.2) is 0 Å². The van der Waals surface area contributed by atoms with E-state index in [1.54, 1.807) is 11.1 Å². The Labute approximate surface area is 91.1 Å². The van der Waals surface area contributed by atoms with Crippen LogP contribution in [0.15, 0.2) is 11.1 Å². The SMILES string of the molecule is CC1=C2CC(CC1)C2(C)C.[C].[W]. The van der Waals surface area contributed by atoms with Gasteiger partial charge in [0.05, 0.1) is 0 Å². The predicted octanol–water partition coefficient (Wildman–Crippen LogP) is 3.22. The van der Waals surface area contributed by atoms with Crippen LogP contribution in [0.1, 0.15) is 40.0 Å². The minimum atomic E-state index is 0. The third-order valence-corrected chi connectivity index (χ3v) is 3.63. The summed E-state index contributed by atoms with van der Waals surface area (Å²) < 4.78 is 0. The first kappa shape index (κ1) is 12.4. The second-order valence-electron chi connectivity index (χ2n) is 4.42. The van der Waals surface area contributed by atoms with Gasteiger partial charge in [0, 0.05) is 28.5 Å². The van der Waals surface area contributed by atoms with E-state index in [4.69, 9.17) is 0 Å². The van der Waals surface area contributed by atoms with Crippen LogP contribution >= 0.6 is 0 Å². The fraction of sp³-hybridized carbons (Fsp3) is 0.727. The van der Waals surface area contributed by atoms with Crippen LogP contribution in [0.2, 0.25) is 0 Å². The molecule has 0 spiro atoms. The van der Waals surface area contributed by atoms with Crippen LogP contribution in [0.5, 0.6) is 0 Å². The van der Waals surface area contributed by atoms with E-state index in [1.807, 2.05) is 0 Å². The van der Waals surface area contributed by atoms with Crippen molar-refractivity contribution in [2.24, 2.45) is 11.3 Å². The van der Waals surface area contributed by atoms with Gasteiger partial charge in [-0.25, -0.2) is 0 Å². The van der Waals surface area contributed by atoms with Gasteiger partial charge in [-0.05, 0) is 37.5 Å². The molecular formula is C11H16W. The van der Waals surface area contributed by atoms with Crippen molar-refractivity contribution in [3.63, 3.8) is 0 Å². The van der Waals surface area contributed by atoms with Crippen molar-refractivity contribution in [2.45, 2.75) is 40.0 Å². The topological polar surface area (TPSA) is 0 Å². The molecule has 3 rings (SSSR count). The number of allylic oxidation sites excluding steroid dienone is 2. The fourth-order valence-corrected chi connectivity index (χ4v) is 2.61. The molecule has 0 heterocycles. The quantitative estimate of drug-likeness (QED) is 0.598. The van der Waals surface area contributed by atoms with Gasteiger partial charge in [-0.2, -0.15) is 0 Å². The van der Waals surface area contributed by atoms with E-state index in [0.29, 0.717) is 5.41 Å². The zero-order chi connectivity index (χ0) is 7.35. The molecular weight excluding hydrogens is 316 g/mol. The summed E-state index contributed by atoms with van der Waals surface area (Å²) in [5.41, 5.74) is 4.04. The molecule has 12 heavy (non-hydrogen) atoms. The Morgan fingerprint density at radius 2 is 1.92 bits per heavy atom. The zero-order valence-corrected chi connectivity index (χ0v) is 11.0. The van der Waals surface area contributed by atoms with E-state index in [1.165, 1.54) is 19.3 Å². The van der Waals surface area contributed by atoms with Crippen LogP contribution in [0, 0.1) is 18.8 Å². The molecule has 3 aliphatic carbocycles. The average molecular weight is 332 g/mol. The molecule has 2 bridgehead atoms. The number of rotatable bonds is 0. The maximum absolute atomic E-state index is 2.40. The Kier molecular flexibility index (Phi) is 3.79.